The number of aliphatic hydroxyl groups is 1. The van der Waals surface area contributed by atoms with Crippen LogP contribution < -0.4 is 4.74 Å². The van der Waals surface area contributed by atoms with E-state index in [1.54, 1.807) is 35.5 Å². The van der Waals surface area contributed by atoms with E-state index >= 15 is 0 Å². The van der Waals surface area contributed by atoms with Crippen molar-refractivity contribution >= 4 is 17.4 Å². The Morgan fingerprint density at radius 1 is 1.20 bits per heavy atom. The molecular formula is C27H33N3O5. The zero-order valence-electron chi connectivity index (χ0n) is 20.6. The quantitative estimate of drug-likeness (QED) is 0.353. The fourth-order valence-corrected chi connectivity index (χ4v) is 4.68. The largest absolute Gasteiger partial charge is 0.507 e. The predicted octanol–water partition coefficient (Wildman–Crippen LogP) is 3.32. The fraction of sp³-hybridized carbons (Fsp3) is 0.444. The summed E-state index contributed by atoms with van der Waals surface area (Å²) in [7, 11) is 0. The number of aryl methyl sites for hydroxylation is 1. The summed E-state index contributed by atoms with van der Waals surface area (Å²) in [6, 6.07) is 8.23. The molecule has 0 spiro atoms. The number of rotatable bonds is 8. The lowest BCUT2D eigenvalue weighted by Gasteiger charge is -2.29. The number of nitrogens with zero attached hydrogens (tertiary/aromatic N) is 3. The molecule has 0 aliphatic carbocycles. The minimum atomic E-state index is -0.695. The average molecular weight is 480 g/mol. The summed E-state index contributed by atoms with van der Waals surface area (Å²) in [5.74, 6) is -0.771. The molecular weight excluding hydrogens is 446 g/mol. The van der Waals surface area contributed by atoms with E-state index in [1.165, 1.54) is 0 Å². The van der Waals surface area contributed by atoms with Gasteiger partial charge in [0, 0.05) is 44.1 Å². The maximum atomic E-state index is 13.2. The van der Waals surface area contributed by atoms with Gasteiger partial charge in [-0.05, 0) is 62.6 Å². The molecule has 186 valence electrons. The smallest absolute Gasteiger partial charge is 0.295 e. The van der Waals surface area contributed by atoms with Gasteiger partial charge in [-0.15, -0.1) is 0 Å². The van der Waals surface area contributed by atoms with Crippen LogP contribution in [0.15, 0.2) is 48.3 Å². The lowest BCUT2D eigenvalue weighted by molar-refractivity contribution is -0.140. The molecule has 8 heteroatoms. The highest BCUT2D eigenvalue weighted by Crippen LogP contribution is 2.40. The first kappa shape index (κ1) is 24.9. The van der Waals surface area contributed by atoms with E-state index < -0.39 is 17.7 Å². The van der Waals surface area contributed by atoms with Crippen molar-refractivity contribution in [1.82, 2.24) is 14.8 Å². The van der Waals surface area contributed by atoms with Gasteiger partial charge in [-0.25, -0.2) is 0 Å². The first-order valence-corrected chi connectivity index (χ1v) is 12.1. The second-order valence-electron chi connectivity index (χ2n) is 9.23. The van der Waals surface area contributed by atoms with E-state index in [4.69, 9.17) is 9.47 Å². The topological polar surface area (TPSA) is 92.2 Å². The molecule has 2 saturated heterocycles. The van der Waals surface area contributed by atoms with Gasteiger partial charge < -0.3 is 19.5 Å². The third-order valence-electron chi connectivity index (χ3n) is 6.34. The van der Waals surface area contributed by atoms with Crippen LogP contribution in [-0.2, 0) is 14.3 Å². The number of likely N-dealkylation sites (tertiary alicyclic amines) is 1. The van der Waals surface area contributed by atoms with Crippen LogP contribution in [0, 0.1) is 6.92 Å². The zero-order valence-corrected chi connectivity index (χ0v) is 20.6. The summed E-state index contributed by atoms with van der Waals surface area (Å²) < 4.78 is 11.2. The summed E-state index contributed by atoms with van der Waals surface area (Å²) in [6.07, 6.45) is 4.02. The zero-order chi connectivity index (χ0) is 24.9. The van der Waals surface area contributed by atoms with Crippen LogP contribution in [0.25, 0.3) is 5.76 Å². The highest BCUT2D eigenvalue weighted by Gasteiger charge is 2.46. The summed E-state index contributed by atoms with van der Waals surface area (Å²) in [4.78, 5) is 34.4. The van der Waals surface area contributed by atoms with Gasteiger partial charge in [0.1, 0.15) is 11.5 Å². The second-order valence-corrected chi connectivity index (χ2v) is 9.23. The number of morpholine rings is 1. The molecule has 3 heterocycles. The van der Waals surface area contributed by atoms with Gasteiger partial charge in [0.05, 0.1) is 30.9 Å². The van der Waals surface area contributed by atoms with E-state index in [2.05, 4.69) is 9.88 Å². The molecule has 2 fully saturated rings. The third-order valence-corrected chi connectivity index (χ3v) is 6.34. The minimum Gasteiger partial charge on any atom is -0.507 e. The third kappa shape index (κ3) is 5.55. The number of hydrogen-bond acceptors (Lipinski definition) is 7. The Morgan fingerprint density at radius 2 is 1.97 bits per heavy atom. The highest BCUT2D eigenvalue weighted by molar-refractivity contribution is 6.46. The molecule has 0 saturated carbocycles. The van der Waals surface area contributed by atoms with Crippen molar-refractivity contribution in [3.63, 3.8) is 0 Å². The van der Waals surface area contributed by atoms with Crippen molar-refractivity contribution < 1.29 is 24.2 Å². The molecule has 8 nitrogen and oxygen atoms in total. The molecule has 1 atom stereocenters. The van der Waals surface area contributed by atoms with Crippen molar-refractivity contribution in [3.05, 3.63) is 65.0 Å². The molecule has 2 aromatic rings. The Morgan fingerprint density at radius 3 is 2.63 bits per heavy atom. The molecule has 1 amide bonds. The Labute approximate surface area is 206 Å². The molecule has 2 aliphatic heterocycles. The van der Waals surface area contributed by atoms with Crippen molar-refractivity contribution in [2.75, 3.05) is 39.4 Å². The Bertz CT molecular complexity index is 1090. The number of ketones is 1. The molecule has 35 heavy (non-hydrogen) atoms. The molecule has 1 aromatic heterocycles. The van der Waals surface area contributed by atoms with Crippen LogP contribution in [0.4, 0.5) is 0 Å². The van der Waals surface area contributed by atoms with E-state index in [0.717, 1.165) is 25.2 Å². The first-order valence-electron chi connectivity index (χ1n) is 12.1. The number of ether oxygens (including phenoxy) is 2. The summed E-state index contributed by atoms with van der Waals surface area (Å²) >= 11 is 0. The van der Waals surface area contributed by atoms with Gasteiger partial charge in [0.2, 0.25) is 0 Å². The molecule has 0 bridgehead atoms. The van der Waals surface area contributed by atoms with E-state index in [9.17, 15) is 14.7 Å². The molecule has 1 unspecified atom stereocenters. The van der Waals surface area contributed by atoms with Gasteiger partial charge in [-0.3, -0.25) is 19.5 Å². The Balaban J connectivity index is 1.66. The Hall–Kier alpha value is -3.23. The first-order chi connectivity index (χ1) is 16.9. The number of Topliss-reactive ketones (excluding diaryl/α,β-unsaturated/α-hetero) is 1. The van der Waals surface area contributed by atoms with Crippen molar-refractivity contribution in [2.45, 2.75) is 39.3 Å². The average Bonchev–Trinajstić information content (AvgIpc) is 3.10. The number of pyridine rings is 1. The predicted molar refractivity (Wildman–Crippen MR) is 132 cm³/mol. The van der Waals surface area contributed by atoms with Crippen LogP contribution >= 0.6 is 0 Å². The SMILES string of the molecule is Cc1cc(OC(C)C)ccc1C(O)=C1C(=O)C(=O)N(CCCN2CCOCC2)C1c1cccnc1. The van der Waals surface area contributed by atoms with Gasteiger partial charge in [-0.2, -0.15) is 0 Å². The highest BCUT2D eigenvalue weighted by atomic mass is 16.5. The number of aromatic nitrogens is 1. The number of carbonyl (C=O) groups is 2. The normalized spacial score (nSPS) is 20.6. The standard InChI is InChI=1S/C27H33N3O5/c1-18(2)35-21-7-8-22(19(3)16-21)25(31)23-24(20-6-4-9-28-17-20)30(27(33)26(23)32)11-5-10-29-12-14-34-15-13-29/h4,6-9,16-18,24,31H,5,10-15H2,1-3H3. The number of benzene rings is 1. The van der Waals surface area contributed by atoms with E-state index in [-0.39, 0.29) is 17.4 Å². The monoisotopic (exact) mass is 479 g/mol. The number of aliphatic hydroxyl groups excluding tert-OH is 1. The number of carbonyl (C=O) groups excluding carboxylic acids is 2. The summed E-state index contributed by atoms with van der Waals surface area (Å²) in [5, 5.41) is 11.3. The number of hydrogen-bond donors (Lipinski definition) is 1. The van der Waals surface area contributed by atoms with Gasteiger partial charge in [-0.1, -0.05) is 6.07 Å². The Kier molecular flexibility index (Phi) is 7.83. The molecule has 4 rings (SSSR count). The molecule has 2 aliphatic rings. The summed E-state index contributed by atoms with van der Waals surface area (Å²) in [6.45, 7) is 10.1. The minimum absolute atomic E-state index is 0.0159. The van der Waals surface area contributed by atoms with Crippen LogP contribution in [0.2, 0.25) is 0 Å². The number of amides is 1. The van der Waals surface area contributed by atoms with Gasteiger partial charge in [0.15, 0.2) is 0 Å². The van der Waals surface area contributed by atoms with Crippen LogP contribution in [0.3, 0.4) is 0 Å². The van der Waals surface area contributed by atoms with Crippen molar-refractivity contribution in [2.24, 2.45) is 0 Å². The molecule has 0 radical (unpaired) electrons. The summed E-state index contributed by atoms with van der Waals surface area (Å²) in [5.41, 5.74) is 2.04. The van der Waals surface area contributed by atoms with E-state index in [1.807, 2.05) is 32.9 Å². The van der Waals surface area contributed by atoms with Gasteiger partial charge >= 0.3 is 0 Å². The maximum Gasteiger partial charge on any atom is 0.295 e. The van der Waals surface area contributed by atoms with Crippen molar-refractivity contribution in [1.29, 1.82) is 0 Å². The lowest BCUT2D eigenvalue weighted by Crippen LogP contribution is -2.39. The van der Waals surface area contributed by atoms with Gasteiger partial charge in [0.25, 0.3) is 11.7 Å². The lowest BCUT2D eigenvalue weighted by atomic mass is 9.94. The maximum absolute atomic E-state index is 13.2. The van der Waals surface area contributed by atoms with Crippen LogP contribution in [-0.4, -0.2) is 77.1 Å². The van der Waals surface area contributed by atoms with Crippen LogP contribution in [0.5, 0.6) is 5.75 Å². The van der Waals surface area contributed by atoms with Crippen molar-refractivity contribution in [3.8, 4) is 5.75 Å². The molecule has 1 aromatic carbocycles. The van der Waals surface area contributed by atoms with E-state index in [0.29, 0.717) is 43.1 Å². The van der Waals surface area contributed by atoms with Crippen LogP contribution in [0.1, 0.15) is 43.0 Å². The molecule has 1 N–H and O–H groups in total. The fourth-order valence-electron chi connectivity index (χ4n) is 4.68. The second kappa shape index (κ2) is 11.0.